The van der Waals surface area contributed by atoms with Gasteiger partial charge in [0.05, 0.1) is 12.7 Å². The number of guanidine groups is 1. The summed E-state index contributed by atoms with van der Waals surface area (Å²) in [6, 6.07) is 0. The van der Waals surface area contributed by atoms with Crippen molar-refractivity contribution in [3.8, 4) is 0 Å². The average Bonchev–Trinajstić information content (AvgIpc) is 3.27. The molecule has 1 saturated heterocycles. The molecule has 2 aromatic heterocycles. The molecule has 8 heteroatoms. The van der Waals surface area contributed by atoms with Crippen LogP contribution in [0.5, 0.6) is 0 Å². The lowest BCUT2D eigenvalue weighted by Crippen LogP contribution is -2.45. The molecule has 25 heavy (non-hydrogen) atoms. The Hall–Kier alpha value is -2.38. The van der Waals surface area contributed by atoms with Gasteiger partial charge in [0.15, 0.2) is 5.96 Å². The number of aliphatic imine (C=N–C) groups is 1. The first kappa shape index (κ1) is 17.4. The lowest BCUT2D eigenvalue weighted by Gasteiger charge is -2.33. The summed E-state index contributed by atoms with van der Waals surface area (Å²) in [7, 11) is 1.81. The highest BCUT2D eigenvalue weighted by Crippen LogP contribution is 2.25. The lowest BCUT2D eigenvalue weighted by molar-refractivity contribution is 0.297. The number of piperidine rings is 1. The SMILES string of the molecule is CN=C(NCc1ncc(C(C)(C)C)o1)N1CCC(c2ncn[nH]2)CC1. The number of aromatic amines is 1. The van der Waals surface area contributed by atoms with Gasteiger partial charge in [-0.3, -0.25) is 10.1 Å². The van der Waals surface area contributed by atoms with Crippen LogP contribution in [0.15, 0.2) is 21.9 Å². The van der Waals surface area contributed by atoms with E-state index in [-0.39, 0.29) is 5.41 Å². The van der Waals surface area contributed by atoms with Crippen molar-refractivity contribution >= 4 is 5.96 Å². The number of hydrogen-bond donors (Lipinski definition) is 2. The highest BCUT2D eigenvalue weighted by atomic mass is 16.4. The Labute approximate surface area is 148 Å². The smallest absolute Gasteiger partial charge is 0.213 e. The molecule has 8 nitrogen and oxygen atoms in total. The number of H-pyrrole nitrogens is 1. The van der Waals surface area contributed by atoms with Crippen LogP contribution in [-0.2, 0) is 12.0 Å². The Kier molecular flexibility index (Phi) is 5.06. The maximum atomic E-state index is 5.83. The van der Waals surface area contributed by atoms with Gasteiger partial charge in [0.1, 0.15) is 17.9 Å². The third kappa shape index (κ3) is 4.18. The topological polar surface area (TPSA) is 95.2 Å². The molecule has 3 rings (SSSR count). The minimum atomic E-state index is -0.0322. The minimum absolute atomic E-state index is 0.0322. The zero-order valence-corrected chi connectivity index (χ0v) is 15.4. The molecule has 1 fully saturated rings. The number of aromatic nitrogens is 4. The van der Waals surface area contributed by atoms with Gasteiger partial charge in [-0.15, -0.1) is 0 Å². The van der Waals surface area contributed by atoms with E-state index in [1.54, 1.807) is 13.4 Å². The van der Waals surface area contributed by atoms with Crippen LogP contribution in [-0.4, -0.2) is 51.2 Å². The average molecular weight is 345 g/mol. The lowest BCUT2D eigenvalue weighted by atomic mass is 9.94. The molecule has 0 aromatic carbocycles. The Morgan fingerprint density at radius 1 is 1.36 bits per heavy atom. The van der Waals surface area contributed by atoms with Crippen LogP contribution in [0.1, 0.15) is 57.0 Å². The van der Waals surface area contributed by atoms with Gasteiger partial charge in [-0.1, -0.05) is 20.8 Å². The highest BCUT2D eigenvalue weighted by Gasteiger charge is 2.24. The van der Waals surface area contributed by atoms with Crippen molar-refractivity contribution in [1.29, 1.82) is 0 Å². The molecular weight excluding hydrogens is 318 g/mol. The van der Waals surface area contributed by atoms with Crippen molar-refractivity contribution in [2.45, 2.75) is 51.5 Å². The molecule has 1 aliphatic rings. The van der Waals surface area contributed by atoms with E-state index in [9.17, 15) is 0 Å². The Bertz CT molecular complexity index is 691. The third-order valence-corrected chi connectivity index (χ3v) is 4.52. The molecule has 0 radical (unpaired) electrons. The van der Waals surface area contributed by atoms with Crippen LogP contribution >= 0.6 is 0 Å². The molecule has 3 heterocycles. The first-order chi connectivity index (χ1) is 12.0. The standard InChI is InChI=1S/C17H27N7O/c1-17(2,3)13-9-19-14(25-13)10-20-16(18-4)24-7-5-12(6-8-24)15-21-11-22-23-15/h9,11-12H,5-8,10H2,1-4H3,(H,18,20)(H,21,22,23). The predicted molar refractivity (Wildman–Crippen MR) is 95.3 cm³/mol. The number of nitrogens with zero attached hydrogens (tertiary/aromatic N) is 5. The molecule has 0 spiro atoms. The second-order valence-electron chi connectivity index (χ2n) is 7.40. The first-order valence-electron chi connectivity index (χ1n) is 8.73. The summed E-state index contributed by atoms with van der Waals surface area (Å²) >= 11 is 0. The second-order valence-corrected chi connectivity index (χ2v) is 7.40. The normalized spacial score (nSPS) is 17.1. The van der Waals surface area contributed by atoms with Gasteiger partial charge in [-0.05, 0) is 12.8 Å². The van der Waals surface area contributed by atoms with Crippen molar-refractivity contribution < 1.29 is 4.42 Å². The number of rotatable bonds is 3. The van der Waals surface area contributed by atoms with E-state index in [0.717, 1.165) is 43.5 Å². The molecule has 0 amide bonds. The number of nitrogens with one attached hydrogen (secondary N) is 2. The summed E-state index contributed by atoms with van der Waals surface area (Å²) in [6.45, 7) is 8.74. The van der Waals surface area contributed by atoms with E-state index >= 15 is 0 Å². The van der Waals surface area contributed by atoms with E-state index < -0.39 is 0 Å². The van der Waals surface area contributed by atoms with Crippen LogP contribution in [0.3, 0.4) is 0 Å². The molecule has 0 unspecified atom stereocenters. The van der Waals surface area contributed by atoms with Crippen molar-refractivity contribution in [2.24, 2.45) is 4.99 Å². The highest BCUT2D eigenvalue weighted by molar-refractivity contribution is 5.79. The maximum Gasteiger partial charge on any atom is 0.213 e. The molecule has 2 N–H and O–H groups in total. The van der Waals surface area contributed by atoms with E-state index in [1.165, 1.54) is 0 Å². The largest absolute Gasteiger partial charge is 0.443 e. The van der Waals surface area contributed by atoms with E-state index in [4.69, 9.17) is 4.42 Å². The fourth-order valence-corrected chi connectivity index (χ4v) is 3.00. The molecule has 0 aliphatic carbocycles. The van der Waals surface area contributed by atoms with Crippen molar-refractivity contribution in [3.05, 3.63) is 30.0 Å². The van der Waals surface area contributed by atoms with Crippen molar-refractivity contribution in [2.75, 3.05) is 20.1 Å². The Morgan fingerprint density at radius 3 is 2.68 bits per heavy atom. The quantitative estimate of drug-likeness (QED) is 0.653. The zero-order valence-electron chi connectivity index (χ0n) is 15.4. The van der Waals surface area contributed by atoms with Crippen LogP contribution in [0.2, 0.25) is 0 Å². The van der Waals surface area contributed by atoms with Crippen LogP contribution < -0.4 is 5.32 Å². The van der Waals surface area contributed by atoms with Gasteiger partial charge in [0, 0.05) is 31.5 Å². The minimum Gasteiger partial charge on any atom is -0.443 e. The van der Waals surface area contributed by atoms with Gasteiger partial charge < -0.3 is 14.6 Å². The fraction of sp³-hybridized carbons (Fsp3) is 0.647. The maximum absolute atomic E-state index is 5.83. The van der Waals surface area contributed by atoms with Crippen LogP contribution in [0.25, 0.3) is 0 Å². The van der Waals surface area contributed by atoms with E-state index in [2.05, 4.69) is 56.1 Å². The Balaban J connectivity index is 1.53. The second kappa shape index (κ2) is 7.25. The predicted octanol–water partition coefficient (Wildman–Crippen LogP) is 2.05. The molecule has 0 bridgehead atoms. The first-order valence-corrected chi connectivity index (χ1v) is 8.73. The molecule has 2 aromatic rings. The summed E-state index contributed by atoms with van der Waals surface area (Å²) in [6.07, 6.45) is 5.44. The van der Waals surface area contributed by atoms with Crippen LogP contribution in [0, 0.1) is 0 Å². The third-order valence-electron chi connectivity index (χ3n) is 4.52. The van der Waals surface area contributed by atoms with E-state index in [0.29, 0.717) is 18.4 Å². The van der Waals surface area contributed by atoms with Gasteiger partial charge in [0.2, 0.25) is 5.89 Å². The summed E-state index contributed by atoms with van der Waals surface area (Å²) < 4.78 is 5.83. The molecular formula is C17H27N7O. The van der Waals surface area contributed by atoms with Crippen molar-refractivity contribution in [3.63, 3.8) is 0 Å². The van der Waals surface area contributed by atoms with E-state index in [1.807, 2.05) is 6.20 Å². The van der Waals surface area contributed by atoms with Gasteiger partial charge in [-0.25, -0.2) is 9.97 Å². The molecule has 0 atom stereocenters. The van der Waals surface area contributed by atoms with Gasteiger partial charge >= 0.3 is 0 Å². The van der Waals surface area contributed by atoms with Gasteiger partial charge in [-0.2, -0.15) is 5.10 Å². The monoisotopic (exact) mass is 345 g/mol. The van der Waals surface area contributed by atoms with Crippen molar-refractivity contribution in [1.82, 2.24) is 30.4 Å². The Morgan fingerprint density at radius 2 is 2.12 bits per heavy atom. The number of hydrogen-bond acceptors (Lipinski definition) is 5. The summed E-state index contributed by atoms with van der Waals surface area (Å²) in [4.78, 5) is 15.3. The zero-order chi connectivity index (χ0) is 17.9. The fourth-order valence-electron chi connectivity index (χ4n) is 3.00. The number of likely N-dealkylation sites (tertiary alicyclic amines) is 1. The molecule has 1 aliphatic heterocycles. The number of oxazole rings is 1. The molecule has 0 saturated carbocycles. The summed E-state index contributed by atoms with van der Waals surface area (Å²) in [5, 5.41) is 10.3. The summed E-state index contributed by atoms with van der Waals surface area (Å²) in [5.41, 5.74) is -0.0322. The van der Waals surface area contributed by atoms with Gasteiger partial charge in [0.25, 0.3) is 0 Å². The van der Waals surface area contributed by atoms with Crippen LogP contribution in [0.4, 0.5) is 0 Å². The molecule has 136 valence electrons. The summed E-state index contributed by atoms with van der Waals surface area (Å²) in [5.74, 6) is 3.89.